The highest BCUT2D eigenvalue weighted by atomic mass is 16.1. The lowest BCUT2D eigenvalue weighted by atomic mass is 9.49. The fraction of sp³-hybridized carbons (Fsp3) is 0.783. The Hall–Kier alpha value is -1.85. The van der Waals surface area contributed by atoms with E-state index in [1.807, 2.05) is 25.2 Å². The first-order chi connectivity index (χ1) is 14.0. The van der Waals surface area contributed by atoms with E-state index in [2.05, 4.69) is 15.2 Å². The largest absolute Gasteiger partial charge is 0.361 e. The molecular weight excluding hydrogens is 362 g/mol. The van der Waals surface area contributed by atoms with Crippen LogP contribution < -0.4 is 15.1 Å². The van der Waals surface area contributed by atoms with Crippen LogP contribution in [0.1, 0.15) is 64.2 Å². The van der Waals surface area contributed by atoms with Gasteiger partial charge in [-0.1, -0.05) is 0 Å². The number of carbonyl (C=O) groups excluding carboxylic acids is 1. The second-order valence-electron chi connectivity index (χ2n) is 10.5. The lowest BCUT2D eigenvalue weighted by molar-refractivity contribution is -0.124. The average molecular weight is 398 g/mol. The second-order valence-corrected chi connectivity index (χ2v) is 10.5. The smallest absolute Gasteiger partial charge is 0.227 e. The first-order valence-corrected chi connectivity index (χ1v) is 11.6. The molecule has 6 nitrogen and oxygen atoms in total. The average Bonchev–Trinajstić information content (AvgIpc) is 2.67. The van der Waals surface area contributed by atoms with Crippen molar-refractivity contribution in [3.05, 3.63) is 6.20 Å². The molecule has 6 heteroatoms. The zero-order valence-electron chi connectivity index (χ0n) is 18.0. The number of rotatable bonds is 5. The van der Waals surface area contributed by atoms with Gasteiger partial charge in [0.2, 0.25) is 11.9 Å². The Morgan fingerprint density at radius 3 is 2.31 bits per heavy atom. The van der Waals surface area contributed by atoms with E-state index >= 15 is 0 Å². The van der Waals surface area contributed by atoms with Gasteiger partial charge in [0.25, 0.3) is 0 Å². The summed E-state index contributed by atoms with van der Waals surface area (Å²) < 4.78 is 0. The maximum atomic E-state index is 13.1. The van der Waals surface area contributed by atoms with Gasteiger partial charge in [-0.3, -0.25) is 4.79 Å². The molecule has 5 aliphatic rings. The Bertz CT molecular complexity index is 735. The van der Waals surface area contributed by atoms with E-state index in [1.54, 1.807) is 0 Å². The molecule has 2 heterocycles. The van der Waals surface area contributed by atoms with Crippen molar-refractivity contribution in [1.29, 1.82) is 0 Å². The summed E-state index contributed by atoms with van der Waals surface area (Å²) in [7, 11) is 3.97. The molecule has 0 spiro atoms. The molecular formula is C23H35N5O. The predicted molar refractivity (Wildman–Crippen MR) is 116 cm³/mol. The van der Waals surface area contributed by atoms with Crippen LogP contribution in [-0.4, -0.2) is 43.1 Å². The van der Waals surface area contributed by atoms with E-state index in [9.17, 15) is 4.79 Å². The molecule has 4 saturated carbocycles. The summed E-state index contributed by atoms with van der Waals surface area (Å²) in [6.07, 6.45) is 14.2. The van der Waals surface area contributed by atoms with Gasteiger partial charge in [-0.25, -0.2) is 4.98 Å². The molecule has 4 bridgehead atoms. The van der Waals surface area contributed by atoms with Crippen molar-refractivity contribution in [3.8, 4) is 0 Å². The van der Waals surface area contributed by atoms with Gasteiger partial charge in [0.1, 0.15) is 5.69 Å². The van der Waals surface area contributed by atoms with E-state index < -0.39 is 0 Å². The van der Waals surface area contributed by atoms with Crippen LogP contribution >= 0.6 is 0 Å². The number of hydrogen-bond acceptors (Lipinski definition) is 5. The Balaban J connectivity index is 1.30. The molecule has 0 unspecified atom stereocenters. The van der Waals surface area contributed by atoms with Gasteiger partial charge in [0.05, 0.1) is 6.20 Å². The molecule has 5 fully saturated rings. The first kappa shape index (κ1) is 19.1. The molecule has 158 valence electrons. The third-order valence-corrected chi connectivity index (χ3v) is 7.79. The Morgan fingerprint density at radius 1 is 1.10 bits per heavy atom. The normalized spacial score (nSPS) is 33.0. The van der Waals surface area contributed by atoms with E-state index in [0.29, 0.717) is 6.42 Å². The predicted octanol–water partition coefficient (Wildman–Crippen LogP) is 4.08. The second kappa shape index (κ2) is 7.44. The number of carbonyl (C=O) groups is 1. The molecule has 6 rings (SSSR count). The number of piperidine rings is 1. The molecule has 1 aliphatic heterocycles. The third-order valence-electron chi connectivity index (χ3n) is 7.79. The summed E-state index contributed by atoms with van der Waals surface area (Å²) in [5.74, 6) is 4.35. The summed E-state index contributed by atoms with van der Waals surface area (Å²) >= 11 is 0. The van der Waals surface area contributed by atoms with E-state index in [-0.39, 0.29) is 11.3 Å². The van der Waals surface area contributed by atoms with E-state index in [0.717, 1.165) is 48.3 Å². The van der Waals surface area contributed by atoms with Crippen molar-refractivity contribution in [3.63, 3.8) is 0 Å². The molecule has 0 atom stereocenters. The van der Waals surface area contributed by atoms with Crippen LogP contribution in [0, 0.1) is 23.2 Å². The van der Waals surface area contributed by atoms with Crippen molar-refractivity contribution < 1.29 is 4.79 Å². The highest BCUT2D eigenvalue weighted by Gasteiger charge is 2.51. The van der Waals surface area contributed by atoms with Crippen molar-refractivity contribution in [2.24, 2.45) is 23.2 Å². The quantitative estimate of drug-likeness (QED) is 0.811. The monoisotopic (exact) mass is 397 g/mol. The molecule has 1 amide bonds. The first-order valence-electron chi connectivity index (χ1n) is 11.6. The maximum absolute atomic E-state index is 13.1. The fourth-order valence-corrected chi connectivity index (χ4v) is 7.08. The van der Waals surface area contributed by atoms with Crippen LogP contribution in [0.5, 0.6) is 0 Å². The number of aromatic nitrogens is 2. The molecule has 0 radical (unpaired) electrons. The minimum atomic E-state index is 0.143. The molecule has 0 aromatic carbocycles. The maximum Gasteiger partial charge on any atom is 0.227 e. The molecule has 1 saturated heterocycles. The van der Waals surface area contributed by atoms with Crippen LogP contribution in [0.15, 0.2) is 6.20 Å². The zero-order chi connectivity index (χ0) is 20.0. The summed E-state index contributed by atoms with van der Waals surface area (Å²) in [5.41, 5.74) is 0.997. The zero-order valence-corrected chi connectivity index (χ0v) is 18.0. The minimum absolute atomic E-state index is 0.143. The van der Waals surface area contributed by atoms with Gasteiger partial charge in [0.15, 0.2) is 5.82 Å². The van der Waals surface area contributed by atoms with Crippen molar-refractivity contribution in [1.82, 2.24) is 9.97 Å². The minimum Gasteiger partial charge on any atom is -0.361 e. The van der Waals surface area contributed by atoms with Gasteiger partial charge in [-0.05, 0) is 81.0 Å². The molecule has 1 N–H and O–H groups in total. The van der Waals surface area contributed by atoms with Gasteiger partial charge >= 0.3 is 0 Å². The number of nitrogens with one attached hydrogen (secondary N) is 1. The van der Waals surface area contributed by atoms with Crippen molar-refractivity contribution in [2.45, 2.75) is 64.2 Å². The van der Waals surface area contributed by atoms with E-state index in [1.165, 1.54) is 57.8 Å². The topological polar surface area (TPSA) is 61.4 Å². The third kappa shape index (κ3) is 3.82. The molecule has 1 aromatic heterocycles. The van der Waals surface area contributed by atoms with Crippen molar-refractivity contribution in [2.75, 3.05) is 42.3 Å². The summed E-state index contributed by atoms with van der Waals surface area (Å²) in [6, 6.07) is 0. The highest BCUT2D eigenvalue weighted by molar-refractivity contribution is 5.94. The van der Waals surface area contributed by atoms with Crippen LogP contribution in [0.4, 0.5) is 17.5 Å². The highest BCUT2D eigenvalue weighted by Crippen LogP contribution is 2.61. The molecule has 29 heavy (non-hydrogen) atoms. The standard InChI is InChI=1S/C23H35N5O/c1-27(2)21-19(15-24-22(26-21)28-6-4-3-5-7-28)25-20(29)14-23-11-16-8-17(12-23)10-18(9-16)13-23/h15-18H,3-14H2,1-2H3,(H,25,29). The van der Waals surface area contributed by atoms with Crippen LogP contribution in [0.3, 0.4) is 0 Å². The summed E-state index contributed by atoms with van der Waals surface area (Å²) in [5, 5.41) is 3.17. The molecule has 1 aromatic rings. The molecule has 4 aliphatic carbocycles. The Labute approximate surface area is 174 Å². The number of hydrogen-bond donors (Lipinski definition) is 1. The van der Waals surface area contributed by atoms with Gasteiger partial charge in [0, 0.05) is 33.6 Å². The number of anilines is 3. The number of nitrogens with zero attached hydrogens (tertiary/aromatic N) is 4. The lowest BCUT2D eigenvalue weighted by Crippen LogP contribution is -2.47. The van der Waals surface area contributed by atoms with Crippen LogP contribution in [0.25, 0.3) is 0 Å². The van der Waals surface area contributed by atoms with Crippen LogP contribution in [0.2, 0.25) is 0 Å². The van der Waals surface area contributed by atoms with Gasteiger partial charge in [-0.2, -0.15) is 4.98 Å². The van der Waals surface area contributed by atoms with Crippen molar-refractivity contribution >= 4 is 23.4 Å². The Morgan fingerprint density at radius 2 is 1.72 bits per heavy atom. The SMILES string of the molecule is CN(C)c1nc(N2CCCCC2)ncc1NC(=O)CC12CC3CC(CC(C3)C1)C2. The summed E-state index contributed by atoms with van der Waals surface area (Å²) in [4.78, 5) is 26.7. The Kier molecular flexibility index (Phi) is 4.91. The van der Waals surface area contributed by atoms with Gasteiger partial charge < -0.3 is 15.1 Å². The lowest BCUT2D eigenvalue weighted by Gasteiger charge is -2.56. The van der Waals surface area contributed by atoms with E-state index in [4.69, 9.17) is 4.98 Å². The summed E-state index contributed by atoms with van der Waals surface area (Å²) in [6.45, 7) is 2.04. The van der Waals surface area contributed by atoms with Crippen LogP contribution in [-0.2, 0) is 4.79 Å². The number of amides is 1. The van der Waals surface area contributed by atoms with Gasteiger partial charge in [-0.15, -0.1) is 0 Å². The fourth-order valence-electron chi connectivity index (χ4n) is 7.08.